The first kappa shape index (κ1) is 16.2. The second kappa shape index (κ2) is 6.45. The molecule has 0 bridgehead atoms. The van der Waals surface area contributed by atoms with Crippen molar-refractivity contribution < 1.29 is 8.42 Å². The summed E-state index contributed by atoms with van der Waals surface area (Å²) < 4.78 is 24.2. The Morgan fingerprint density at radius 2 is 2.09 bits per heavy atom. The van der Waals surface area contributed by atoms with Crippen LogP contribution in [-0.4, -0.2) is 43.0 Å². The molecule has 1 saturated heterocycles. The SMILES string of the molecule is CN(c1cc(Nc2ccccc2Br)ncn1)C1CCS(=O)(=O)C1. The molecule has 1 fully saturated rings. The van der Waals surface area contributed by atoms with Gasteiger partial charge in [0.1, 0.15) is 18.0 Å². The summed E-state index contributed by atoms with van der Waals surface area (Å²) in [4.78, 5) is 10.4. The quantitative estimate of drug-likeness (QED) is 0.855. The maximum atomic E-state index is 11.6. The van der Waals surface area contributed by atoms with E-state index in [1.807, 2.05) is 42.3 Å². The molecule has 3 rings (SSSR count). The van der Waals surface area contributed by atoms with Crippen LogP contribution < -0.4 is 10.2 Å². The average molecular weight is 397 g/mol. The van der Waals surface area contributed by atoms with E-state index >= 15 is 0 Å². The van der Waals surface area contributed by atoms with Crippen molar-refractivity contribution in [2.45, 2.75) is 12.5 Å². The van der Waals surface area contributed by atoms with Crippen molar-refractivity contribution in [3.05, 3.63) is 41.1 Å². The Morgan fingerprint density at radius 1 is 1.30 bits per heavy atom. The lowest BCUT2D eigenvalue weighted by Gasteiger charge is -2.24. The summed E-state index contributed by atoms with van der Waals surface area (Å²) in [5, 5.41) is 3.23. The molecule has 0 saturated carbocycles. The van der Waals surface area contributed by atoms with E-state index in [0.717, 1.165) is 10.2 Å². The fourth-order valence-electron chi connectivity index (χ4n) is 2.58. The molecule has 1 aromatic heterocycles. The first-order valence-corrected chi connectivity index (χ1v) is 9.83. The zero-order valence-corrected chi connectivity index (χ0v) is 15.0. The van der Waals surface area contributed by atoms with Gasteiger partial charge >= 0.3 is 0 Å². The molecular formula is C15H17BrN4O2S. The first-order valence-electron chi connectivity index (χ1n) is 7.21. The first-order chi connectivity index (χ1) is 10.9. The van der Waals surface area contributed by atoms with Crippen LogP contribution in [0.25, 0.3) is 0 Å². The number of hydrogen-bond donors (Lipinski definition) is 1. The number of hydrogen-bond acceptors (Lipinski definition) is 6. The minimum atomic E-state index is -2.92. The van der Waals surface area contributed by atoms with Crippen molar-refractivity contribution in [2.75, 3.05) is 28.8 Å². The summed E-state index contributed by atoms with van der Waals surface area (Å²) in [6, 6.07) is 9.55. The molecule has 1 aromatic carbocycles. The molecular weight excluding hydrogens is 380 g/mol. The summed E-state index contributed by atoms with van der Waals surface area (Å²) in [6.07, 6.45) is 2.12. The molecule has 0 radical (unpaired) electrons. The van der Waals surface area contributed by atoms with E-state index in [1.165, 1.54) is 6.33 Å². The normalized spacial score (nSPS) is 19.5. The number of nitrogens with zero attached hydrogens (tertiary/aromatic N) is 3. The number of sulfone groups is 1. The Balaban J connectivity index is 1.79. The minimum absolute atomic E-state index is 0.0359. The second-order valence-electron chi connectivity index (χ2n) is 5.53. The van der Waals surface area contributed by atoms with Crippen LogP contribution >= 0.6 is 15.9 Å². The van der Waals surface area contributed by atoms with Crippen molar-refractivity contribution >= 4 is 43.1 Å². The van der Waals surface area contributed by atoms with Crippen LogP contribution in [0.1, 0.15) is 6.42 Å². The van der Waals surface area contributed by atoms with E-state index in [4.69, 9.17) is 0 Å². The Labute approximate surface area is 144 Å². The molecule has 23 heavy (non-hydrogen) atoms. The monoisotopic (exact) mass is 396 g/mol. The van der Waals surface area contributed by atoms with Gasteiger partial charge in [-0.05, 0) is 34.5 Å². The zero-order valence-electron chi connectivity index (χ0n) is 12.6. The van der Waals surface area contributed by atoms with Gasteiger partial charge in [0, 0.05) is 23.6 Å². The van der Waals surface area contributed by atoms with Crippen LogP contribution in [0.15, 0.2) is 41.1 Å². The Hall–Kier alpha value is -1.67. The predicted molar refractivity (Wildman–Crippen MR) is 94.9 cm³/mol. The maximum absolute atomic E-state index is 11.6. The molecule has 2 aromatic rings. The number of benzene rings is 1. The highest BCUT2D eigenvalue weighted by atomic mass is 79.9. The van der Waals surface area contributed by atoms with Crippen molar-refractivity contribution in [3.8, 4) is 0 Å². The number of anilines is 3. The molecule has 0 amide bonds. The van der Waals surface area contributed by atoms with Gasteiger partial charge in [0.05, 0.1) is 17.2 Å². The maximum Gasteiger partial charge on any atom is 0.152 e. The van der Waals surface area contributed by atoms with E-state index in [2.05, 4.69) is 31.2 Å². The summed E-state index contributed by atoms with van der Waals surface area (Å²) >= 11 is 3.48. The molecule has 1 unspecified atom stereocenters. The number of aromatic nitrogens is 2. The number of halogens is 1. The smallest absolute Gasteiger partial charge is 0.152 e. The number of nitrogens with one attached hydrogen (secondary N) is 1. The van der Waals surface area contributed by atoms with Crippen LogP contribution in [0.5, 0.6) is 0 Å². The molecule has 1 N–H and O–H groups in total. The van der Waals surface area contributed by atoms with Gasteiger partial charge in [-0.15, -0.1) is 0 Å². The highest BCUT2D eigenvalue weighted by Gasteiger charge is 2.31. The third kappa shape index (κ3) is 3.81. The summed E-state index contributed by atoms with van der Waals surface area (Å²) in [6.45, 7) is 0. The van der Waals surface area contributed by atoms with Crippen molar-refractivity contribution in [2.24, 2.45) is 0 Å². The third-order valence-corrected chi connectivity index (χ3v) is 6.35. The van der Waals surface area contributed by atoms with Crippen LogP contribution in [-0.2, 0) is 9.84 Å². The summed E-state index contributed by atoms with van der Waals surface area (Å²) in [7, 11) is -1.05. The molecule has 1 atom stereocenters. The van der Waals surface area contributed by atoms with Gasteiger partial charge < -0.3 is 10.2 Å². The molecule has 2 heterocycles. The van der Waals surface area contributed by atoms with E-state index < -0.39 is 9.84 Å². The van der Waals surface area contributed by atoms with Gasteiger partial charge in [0.25, 0.3) is 0 Å². The van der Waals surface area contributed by atoms with Gasteiger partial charge in [-0.1, -0.05) is 12.1 Å². The minimum Gasteiger partial charge on any atom is -0.355 e. The Morgan fingerprint density at radius 3 is 2.78 bits per heavy atom. The Bertz CT molecular complexity index is 813. The summed E-state index contributed by atoms with van der Waals surface area (Å²) in [5.74, 6) is 1.79. The lowest BCUT2D eigenvalue weighted by molar-refractivity contribution is 0.600. The lowest BCUT2D eigenvalue weighted by Crippen LogP contribution is -2.33. The Kier molecular flexibility index (Phi) is 4.54. The molecule has 1 aliphatic rings. The van der Waals surface area contributed by atoms with Gasteiger partial charge in [-0.3, -0.25) is 0 Å². The molecule has 0 aliphatic carbocycles. The van der Waals surface area contributed by atoms with E-state index in [1.54, 1.807) is 0 Å². The lowest BCUT2D eigenvalue weighted by atomic mass is 10.2. The number of rotatable bonds is 4. The second-order valence-corrected chi connectivity index (χ2v) is 8.62. The zero-order chi connectivity index (χ0) is 16.4. The highest BCUT2D eigenvalue weighted by Crippen LogP contribution is 2.26. The summed E-state index contributed by atoms with van der Waals surface area (Å²) in [5.41, 5.74) is 0.906. The molecule has 1 aliphatic heterocycles. The van der Waals surface area contributed by atoms with Gasteiger partial charge in [-0.25, -0.2) is 18.4 Å². The molecule has 0 spiro atoms. The molecule has 122 valence electrons. The van der Waals surface area contributed by atoms with Crippen LogP contribution in [0.3, 0.4) is 0 Å². The topological polar surface area (TPSA) is 75.2 Å². The highest BCUT2D eigenvalue weighted by molar-refractivity contribution is 9.10. The fraction of sp³-hybridized carbons (Fsp3) is 0.333. The van der Waals surface area contributed by atoms with Crippen LogP contribution in [0, 0.1) is 0 Å². The third-order valence-electron chi connectivity index (χ3n) is 3.91. The molecule has 8 heteroatoms. The van der Waals surface area contributed by atoms with Gasteiger partial charge in [0.15, 0.2) is 9.84 Å². The number of para-hydroxylation sites is 1. The van der Waals surface area contributed by atoms with E-state index in [-0.39, 0.29) is 17.5 Å². The van der Waals surface area contributed by atoms with E-state index in [0.29, 0.717) is 18.1 Å². The van der Waals surface area contributed by atoms with Gasteiger partial charge in [-0.2, -0.15) is 0 Å². The van der Waals surface area contributed by atoms with Crippen molar-refractivity contribution in [1.82, 2.24) is 9.97 Å². The van der Waals surface area contributed by atoms with Crippen molar-refractivity contribution in [1.29, 1.82) is 0 Å². The van der Waals surface area contributed by atoms with Gasteiger partial charge in [0.2, 0.25) is 0 Å². The standard InChI is InChI=1S/C15H17BrN4O2S/c1-20(11-6-7-23(21,22)9-11)15-8-14(17-10-18-15)19-13-5-3-2-4-12(13)16/h2-5,8,10-11H,6-7,9H2,1H3,(H,17,18,19). The van der Waals surface area contributed by atoms with Crippen LogP contribution in [0.4, 0.5) is 17.3 Å². The largest absolute Gasteiger partial charge is 0.355 e. The van der Waals surface area contributed by atoms with Crippen LogP contribution in [0.2, 0.25) is 0 Å². The predicted octanol–water partition coefficient (Wildman–Crippen LogP) is 2.61. The van der Waals surface area contributed by atoms with E-state index in [9.17, 15) is 8.42 Å². The average Bonchev–Trinajstić information content (AvgIpc) is 2.89. The molecule has 6 nitrogen and oxygen atoms in total. The fourth-order valence-corrected chi connectivity index (χ4v) is 4.74. The van der Waals surface area contributed by atoms with Crippen molar-refractivity contribution in [3.63, 3.8) is 0 Å².